The number of amides is 4. The number of carboxylic acids is 1. The Morgan fingerprint density at radius 2 is 1.40 bits per heavy atom. The summed E-state index contributed by atoms with van der Waals surface area (Å²) in [6, 6.07) is 24.5. The van der Waals surface area contributed by atoms with Crippen molar-refractivity contribution in [1.29, 1.82) is 0 Å². The van der Waals surface area contributed by atoms with E-state index in [9.17, 15) is 29.1 Å². The SMILES string of the molecule is NC(=O)CCC(=O)NCc1cccc(CN(C(=O)C(c2ccccc2)c2ccccc2)[C@H](CCCN=C(N)N)C(=O)NCC(=O)O)c1. The van der Waals surface area contributed by atoms with Gasteiger partial charge >= 0.3 is 5.97 Å². The van der Waals surface area contributed by atoms with Gasteiger partial charge in [-0.05, 0) is 35.1 Å². The molecule has 0 aromatic heterocycles. The van der Waals surface area contributed by atoms with Crippen LogP contribution in [0.4, 0.5) is 0 Å². The van der Waals surface area contributed by atoms with Crippen LogP contribution in [0.5, 0.6) is 0 Å². The van der Waals surface area contributed by atoms with Crippen LogP contribution < -0.4 is 27.8 Å². The van der Waals surface area contributed by atoms with Crippen LogP contribution in [-0.2, 0) is 37.1 Å². The van der Waals surface area contributed by atoms with Gasteiger partial charge in [0, 0.05) is 32.5 Å². The minimum absolute atomic E-state index is 0.00802. The third-order valence-electron chi connectivity index (χ3n) is 7.25. The fraction of sp³-hybridized carbons (Fsp3) is 0.294. The first-order chi connectivity index (χ1) is 22.5. The second-order valence-corrected chi connectivity index (χ2v) is 10.9. The van der Waals surface area contributed by atoms with Crippen molar-refractivity contribution >= 4 is 35.6 Å². The highest BCUT2D eigenvalue weighted by Crippen LogP contribution is 2.29. The number of nitrogens with two attached hydrogens (primary N) is 3. The summed E-state index contributed by atoms with van der Waals surface area (Å²) in [7, 11) is 0. The number of nitrogens with zero attached hydrogens (tertiary/aromatic N) is 2. The third-order valence-corrected chi connectivity index (χ3v) is 7.25. The standard InChI is InChI=1S/C34H41N7O6/c35-28(42)16-17-29(43)39-20-23-9-7-10-24(19-23)22-41(27(15-8-18-38-34(36)37)32(46)40-21-30(44)45)33(47)31(25-11-3-1-4-12-25)26-13-5-2-6-14-26/h1-7,9-14,19,27,31H,8,15-18,20-22H2,(H2,35,42)(H,39,43)(H,40,46)(H,44,45)(H4,36,37,38)/t27-/m1/s1. The van der Waals surface area contributed by atoms with Crippen molar-refractivity contribution in [1.82, 2.24) is 15.5 Å². The summed E-state index contributed by atoms with van der Waals surface area (Å²) in [5, 5.41) is 14.5. The quantitative estimate of drug-likeness (QED) is 0.0673. The van der Waals surface area contributed by atoms with E-state index in [4.69, 9.17) is 17.2 Å². The van der Waals surface area contributed by atoms with Gasteiger partial charge in [-0.1, -0.05) is 84.9 Å². The van der Waals surface area contributed by atoms with Gasteiger partial charge in [-0.2, -0.15) is 0 Å². The molecule has 3 aromatic carbocycles. The van der Waals surface area contributed by atoms with E-state index in [0.29, 0.717) is 23.1 Å². The molecule has 3 rings (SSSR count). The van der Waals surface area contributed by atoms with Crippen molar-refractivity contribution in [3.8, 4) is 0 Å². The minimum atomic E-state index is -1.23. The Labute approximate surface area is 273 Å². The fourth-order valence-corrected chi connectivity index (χ4v) is 5.04. The Morgan fingerprint density at radius 1 is 0.787 bits per heavy atom. The van der Waals surface area contributed by atoms with Crippen LogP contribution in [0, 0.1) is 0 Å². The molecule has 0 spiro atoms. The predicted octanol–water partition coefficient (Wildman–Crippen LogP) is 1.35. The number of nitrogens with one attached hydrogen (secondary N) is 2. The molecule has 0 aliphatic heterocycles. The van der Waals surface area contributed by atoms with Gasteiger partial charge in [0.1, 0.15) is 12.6 Å². The molecule has 0 aliphatic carbocycles. The lowest BCUT2D eigenvalue weighted by Crippen LogP contribution is -2.51. The minimum Gasteiger partial charge on any atom is -0.480 e. The fourth-order valence-electron chi connectivity index (χ4n) is 5.04. The first-order valence-corrected chi connectivity index (χ1v) is 15.1. The van der Waals surface area contributed by atoms with E-state index in [1.54, 1.807) is 24.3 Å². The Balaban J connectivity index is 2.03. The molecule has 13 nitrogen and oxygen atoms in total. The largest absolute Gasteiger partial charge is 0.480 e. The number of hydrogen-bond acceptors (Lipinski definition) is 6. The number of carboxylic acid groups (broad SMARTS) is 1. The van der Waals surface area contributed by atoms with Crippen molar-refractivity contribution in [2.45, 2.75) is 50.7 Å². The normalized spacial score (nSPS) is 11.3. The number of aliphatic carboxylic acids is 1. The van der Waals surface area contributed by atoms with Crippen LogP contribution in [-0.4, -0.2) is 64.7 Å². The number of carbonyl (C=O) groups excluding carboxylic acids is 4. The van der Waals surface area contributed by atoms with Crippen LogP contribution in [0.3, 0.4) is 0 Å². The van der Waals surface area contributed by atoms with E-state index in [1.807, 2.05) is 60.7 Å². The lowest BCUT2D eigenvalue weighted by Gasteiger charge is -2.34. The molecule has 0 saturated heterocycles. The molecular formula is C34H41N7O6. The first kappa shape index (κ1) is 35.8. The lowest BCUT2D eigenvalue weighted by atomic mass is 9.89. The topological polar surface area (TPSA) is 223 Å². The highest BCUT2D eigenvalue weighted by Gasteiger charge is 2.35. The average Bonchev–Trinajstić information content (AvgIpc) is 3.05. The van der Waals surface area contributed by atoms with Gasteiger partial charge < -0.3 is 37.8 Å². The van der Waals surface area contributed by atoms with Crippen molar-refractivity contribution in [3.63, 3.8) is 0 Å². The molecule has 47 heavy (non-hydrogen) atoms. The Morgan fingerprint density at radius 3 is 1.98 bits per heavy atom. The highest BCUT2D eigenvalue weighted by atomic mass is 16.4. The Hall–Kier alpha value is -5.72. The average molecular weight is 644 g/mol. The number of primary amides is 1. The molecule has 248 valence electrons. The number of guanidine groups is 1. The van der Waals surface area contributed by atoms with Crippen LogP contribution in [0.2, 0.25) is 0 Å². The molecule has 0 aliphatic rings. The van der Waals surface area contributed by atoms with Crippen molar-refractivity contribution in [2.75, 3.05) is 13.1 Å². The van der Waals surface area contributed by atoms with E-state index < -0.39 is 36.3 Å². The summed E-state index contributed by atoms with van der Waals surface area (Å²) in [4.78, 5) is 68.4. The summed E-state index contributed by atoms with van der Waals surface area (Å²) in [6.45, 7) is -0.279. The molecule has 9 N–H and O–H groups in total. The van der Waals surface area contributed by atoms with Gasteiger partial charge in [0.25, 0.3) is 0 Å². The number of aliphatic imine (C=N–C) groups is 1. The first-order valence-electron chi connectivity index (χ1n) is 15.1. The van der Waals surface area contributed by atoms with E-state index in [1.165, 1.54) is 4.90 Å². The summed E-state index contributed by atoms with van der Waals surface area (Å²) in [6.07, 6.45) is 0.359. The molecule has 0 radical (unpaired) electrons. The van der Waals surface area contributed by atoms with Gasteiger partial charge in [-0.15, -0.1) is 0 Å². The maximum atomic E-state index is 14.8. The molecule has 0 heterocycles. The molecule has 13 heteroatoms. The highest BCUT2D eigenvalue weighted by molar-refractivity contribution is 5.93. The zero-order chi connectivity index (χ0) is 34.2. The van der Waals surface area contributed by atoms with Gasteiger partial charge in [-0.25, -0.2) is 0 Å². The van der Waals surface area contributed by atoms with Gasteiger partial charge in [-0.3, -0.25) is 29.0 Å². The lowest BCUT2D eigenvalue weighted by molar-refractivity contribution is -0.143. The van der Waals surface area contributed by atoms with Crippen LogP contribution >= 0.6 is 0 Å². The van der Waals surface area contributed by atoms with E-state index in [2.05, 4.69) is 15.6 Å². The number of hydrogen-bond donors (Lipinski definition) is 6. The second-order valence-electron chi connectivity index (χ2n) is 10.9. The second kappa shape index (κ2) is 18.3. The van der Waals surface area contributed by atoms with Gasteiger partial charge in [0.05, 0.1) is 5.92 Å². The number of carbonyl (C=O) groups is 5. The Bertz CT molecular complexity index is 1510. The molecular weight excluding hydrogens is 602 g/mol. The Kier molecular flexibility index (Phi) is 13.9. The molecule has 4 amide bonds. The van der Waals surface area contributed by atoms with Crippen LogP contribution in [0.1, 0.15) is 53.9 Å². The predicted molar refractivity (Wildman–Crippen MR) is 176 cm³/mol. The van der Waals surface area contributed by atoms with Gasteiger partial charge in [0.15, 0.2) is 5.96 Å². The summed E-state index contributed by atoms with van der Waals surface area (Å²) in [5.74, 6) is -4.04. The molecule has 0 unspecified atom stereocenters. The molecule has 1 atom stereocenters. The number of benzene rings is 3. The van der Waals surface area contributed by atoms with E-state index >= 15 is 0 Å². The summed E-state index contributed by atoms with van der Waals surface area (Å²) < 4.78 is 0. The summed E-state index contributed by atoms with van der Waals surface area (Å²) in [5.41, 5.74) is 18.9. The molecule has 0 fully saturated rings. The molecule has 3 aromatic rings. The zero-order valence-electron chi connectivity index (χ0n) is 26.0. The smallest absolute Gasteiger partial charge is 0.322 e. The van der Waals surface area contributed by atoms with Crippen molar-refractivity contribution in [2.24, 2.45) is 22.2 Å². The summed E-state index contributed by atoms with van der Waals surface area (Å²) >= 11 is 0. The van der Waals surface area contributed by atoms with E-state index in [-0.39, 0.29) is 56.7 Å². The molecule has 0 saturated carbocycles. The number of rotatable bonds is 18. The van der Waals surface area contributed by atoms with E-state index in [0.717, 1.165) is 5.56 Å². The van der Waals surface area contributed by atoms with Crippen molar-refractivity contribution < 1.29 is 29.1 Å². The van der Waals surface area contributed by atoms with Crippen LogP contribution in [0.25, 0.3) is 0 Å². The third kappa shape index (κ3) is 12.0. The zero-order valence-corrected chi connectivity index (χ0v) is 26.0. The van der Waals surface area contributed by atoms with Crippen molar-refractivity contribution in [3.05, 3.63) is 107 Å². The maximum Gasteiger partial charge on any atom is 0.322 e. The monoisotopic (exact) mass is 643 g/mol. The van der Waals surface area contributed by atoms with Gasteiger partial charge in [0.2, 0.25) is 23.6 Å². The maximum absolute atomic E-state index is 14.8. The van der Waals surface area contributed by atoms with Crippen LogP contribution in [0.15, 0.2) is 89.9 Å². The molecule has 0 bridgehead atoms.